The first kappa shape index (κ1) is 19.6. The van der Waals surface area contributed by atoms with Crippen molar-refractivity contribution < 1.29 is 17.9 Å². The molecule has 0 saturated carbocycles. The van der Waals surface area contributed by atoms with E-state index >= 15 is 0 Å². The van der Waals surface area contributed by atoms with E-state index < -0.39 is 10.2 Å². The van der Waals surface area contributed by atoms with E-state index in [1.54, 1.807) is 14.2 Å². The lowest BCUT2D eigenvalue weighted by molar-refractivity contribution is 0.253. The van der Waals surface area contributed by atoms with Crippen LogP contribution < -0.4 is 19.5 Å². The number of methoxy groups -OCH3 is 2. The van der Waals surface area contributed by atoms with E-state index in [0.717, 1.165) is 29.8 Å². The maximum atomic E-state index is 11.4. The molecule has 2 aromatic rings. The Morgan fingerprint density at radius 3 is 2.48 bits per heavy atom. The van der Waals surface area contributed by atoms with Crippen LogP contribution in [0.25, 0.3) is 10.9 Å². The van der Waals surface area contributed by atoms with Crippen molar-refractivity contribution in [3.05, 3.63) is 18.5 Å². The van der Waals surface area contributed by atoms with Gasteiger partial charge in [-0.05, 0) is 17.9 Å². The summed E-state index contributed by atoms with van der Waals surface area (Å²) in [7, 11) is 1.03. The zero-order chi connectivity index (χ0) is 19.8. The second-order valence-corrected chi connectivity index (χ2v) is 8.54. The molecule has 1 aromatic carbocycles. The van der Waals surface area contributed by atoms with Gasteiger partial charge in [0, 0.05) is 38.1 Å². The van der Waals surface area contributed by atoms with Crippen LogP contribution in [0, 0.1) is 11.8 Å². The number of ether oxygens (including phenoxy) is 2. The summed E-state index contributed by atoms with van der Waals surface area (Å²) in [6.07, 6.45) is 1.54. The smallest absolute Gasteiger partial charge is 0.276 e. The van der Waals surface area contributed by atoms with Crippen molar-refractivity contribution in [2.24, 2.45) is 17.0 Å². The monoisotopic (exact) mass is 395 g/mol. The standard InChI is InChI=1S/C17H25N5O4S/c1-11(7-21(2)27(18,23)24)12-8-22(9-12)17-13-5-15(25-3)16(26-4)6-14(13)19-10-20-17/h5-6,10-12H,7-9H2,1-4H3,(H2,18,23,24). The molecule has 1 aromatic heterocycles. The van der Waals surface area contributed by atoms with E-state index in [-0.39, 0.29) is 5.92 Å². The van der Waals surface area contributed by atoms with Crippen molar-refractivity contribution in [1.82, 2.24) is 14.3 Å². The second kappa shape index (κ2) is 7.45. The molecule has 1 saturated heterocycles. The molecule has 9 nitrogen and oxygen atoms in total. The number of rotatable bonds is 7. The van der Waals surface area contributed by atoms with Gasteiger partial charge in [0.2, 0.25) is 0 Å². The molecule has 1 aliphatic rings. The third kappa shape index (κ3) is 3.92. The first-order valence-corrected chi connectivity index (χ1v) is 10.1. The van der Waals surface area contributed by atoms with E-state index in [0.29, 0.717) is 24.0 Å². The second-order valence-electron chi connectivity index (χ2n) is 6.89. The summed E-state index contributed by atoms with van der Waals surface area (Å²) in [5.74, 6) is 2.63. The molecule has 0 bridgehead atoms. The summed E-state index contributed by atoms with van der Waals surface area (Å²) in [4.78, 5) is 10.9. The summed E-state index contributed by atoms with van der Waals surface area (Å²) in [6, 6.07) is 3.72. The average molecular weight is 395 g/mol. The number of nitrogens with two attached hydrogens (primary N) is 1. The molecule has 3 rings (SSSR count). The van der Waals surface area contributed by atoms with Gasteiger partial charge in [0.05, 0.1) is 19.7 Å². The van der Waals surface area contributed by atoms with Gasteiger partial charge < -0.3 is 14.4 Å². The van der Waals surface area contributed by atoms with Crippen molar-refractivity contribution >= 4 is 26.9 Å². The predicted octanol–water partition coefficient (Wildman–Crippen LogP) is 0.855. The average Bonchev–Trinajstić information content (AvgIpc) is 2.58. The van der Waals surface area contributed by atoms with Crippen LogP contribution in [0.5, 0.6) is 11.5 Å². The Kier molecular flexibility index (Phi) is 5.41. The third-order valence-corrected chi connectivity index (χ3v) is 6.13. The molecule has 10 heteroatoms. The fourth-order valence-corrected chi connectivity index (χ4v) is 3.77. The molecule has 0 radical (unpaired) electrons. The highest BCUT2D eigenvalue weighted by atomic mass is 32.2. The lowest BCUT2D eigenvalue weighted by Gasteiger charge is -2.44. The number of anilines is 1. The Morgan fingerprint density at radius 1 is 1.26 bits per heavy atom. The van der Waals surface area contributed by atoms with Gasteiger partial charge in [0.25, 0.3) is 10.2 Å². The number of benzene rings is 1. The Morgan fingerprint density at radius 2 is 1.89 bits per heavy atom. The minimum atomic E-state index is -3.65. The summed E-state index contributed by atoms with van der Waals surface area (Å²) >= 11 is 0. The lowest BCUT2D eigenvalue weighted by Crippen LogP contribution is -2.52. The van der Waals surface area contributed by atoms with Gasteiger partial charge in [-0.25, -0.2) is 15.1 Å². The molecule has 0 amide bonds. The quantitative estimate of drug-likeness (QED) is 0.740. The Bertz CT molecular complexity index is 930. The molecule has 0 spiro atoms. The van der Waals surface area contributed by atoms with Crippen molar-refractivity contribution in [3.8, 4) is 11.5 Å². The molecule has 148 valence electrons. The van der Waals surface area contributed by atoms with Gasteiger partial charge in [0.15, 0.2) is 11.5 Å². The Hall–Kier alpha value is -2.17. The molecule has 1 aliphatic heterocycles. The van der Waals surface area contributed by atoms with Crippen molar-refractivity contribution in [3.63, 3.8) is 0 Å². The highest BCUT2D eigenvalue weighted by Crippen LogP contribution is 2.37. The predicted molar refractivity (Wildman–Crippen MR) is 103 cm³/mol. The Labute approximate surface area is 159 Å². The van der Waals surface area contributed by atoms with Crippen LogP contribution >= 0.6 is 0 Å². The zero-order valence-electron chi connectivity index (χ0n) is 15.9. The molecular formula is C17H25N5O4S. The summed E-state index contributed by atoms with van der Waals surface area (Å²) in [5.41, 5.74) is 0.781. The number of aromatic nitrogens is 2. The SMILES string of the molecule is COc1cc2ncnc(N3CC(C(C)CN(C)S(N)(=O)=O)C3)c2cc1OC. The van der Waals surface area contributed by atoms with Crippen LogP contribution in [0.15, 0.2) is 18.5 Å². The number of hydrogen-bond donors (Lipinski definition) is 1. The highest BCUT2D eigenvalue weighted by Gasteiger charge is 2.34. The lowest BCUT2D eigenvalue weighted by atomic mass is 9.87. The highest BCUT2D eigenvalue weighted by molar-refractivity contribution is 7.86. The maximum Gasteiger partial charge on any atom is 0.276 e. The van der Waals surface area contributed by atoms with Crippen LogP contribution in [0.4, 0.5) is 5.82 Å². The maximum absolute atomic E-state index is 11.4. The minimum Gasteiger partial charge on any atom is -0.493 e. The van der Waals surface area contributed by atoms with Crippen LogP contribution in [-0.2, 0) is 10.2 Å². The fourth-order valence-electron chi connectivity index (χ4n) is 3.33. The Balaban J connectivity index is 1.76. The van der Waals surface area contributed by atoms with Gasteiger partial charge in [-0.2, -0.15) is 12.7 Å². The third-order valence-electron chi connectivity index (χ3n) is 5.11. The van der Waals surface area contributed by atoms with Crippen molar-refractivity contribution in [1.29, 1.82) is 0 Å². The summed E-state index contributed by atoms with van der Waals surface area (Å²) < 4.78 is 34.7. The first-order chi connectivity index (χ1) is 12.7. The normalized spacial score (nSPS) is 16.4. The van der Waals surface area contributed by atoms with Crippen LogP contribution in [0.1, 0.15) is 6.92 Å². The molecule has 2 N–H and O–H groups in total. The number of fused-ring (bicyclic) bond motifs is 1. The van der Waals surface area contributed by atoms with E-state index in [4.69, 9.17) is 14.6 Å². The molecule has 1 fully saturated rings. The molecule has 1 atom stereocenters. The van der Waals surface area contributed by atoms with Crippen molar-refractivity contribution in [2.45, 2.75) is 6.92 Å². The molecular weight excluding hydrogens is 370 g/mol. The number of nitrogens with zero attached hydrogens (tertiary/aromatic N) is 4. The van der Waals surface area contributed by atoms with Crippen LogP contribution in [-0.4, -0.2) is 63.6 Å². The minimum absolute atomic E-state index is 0.187. The van der Waals surface area contributed by atoms with E-state index in [1.165, 1.54) is 17.7 Å². The zero-order valence-corrected chi connectivity index (χ0v) is 16.7. The molecule has 1 unspecified atom stereocenters. The van der Waals surface area contributed by atoms with Crippen LogP contribution in [0.3, 0.4) is 0 Å². The topological polar surface area (TPSA) is 111 Å². The molecule has 2 heterocycles. The van der Waals surface area contributed by atoms with Gasteiger partial charge in [-0.15, -0.1) is 0 Å². The van der Waals surface area contributed by atoms with Gasteiger partial charge in [-0.1, -0.05) is 6.92 Å². The van der Waals surface area contributed by atoms with E-state index in [9.17, 15) is 8.42 Å². The van der Waals surface area contributed by atoms with Crippen molar-refractivity contribution in [2.75, 3.05) is 45.8 Å². The molecule has 27 heavy (non-hydrogen) atoms. The largest absolute Gasteiger partial charge is 0.493 e. The van der Waals surface area contributed by atoms with Gasteiger partial charge in [-0.3, -0.25) is 0 Å². The van der Waals surface area contributed by atoms with E-state index in [2.05, 4.69) is 14.9 Å². The summed E-state index contributed by atoms with van der Waals surface area (Å²) in [6.45, 7) is 4.02. The number of hydrogen-bond acceptors (Lipinski definition) is 7. The summed E-state index contributed by atoms with van der Waals surface area (Å²) in [5, 5.41) is 6.06. The fraction of sp³-hybridized carbons (Fsp3) is 0.529. The van der Waals surface area contributed by atoms with E-state index in [1.807, 2.05) is 19.1 Å². The van der Waals surface area contributed by atoms with Gasteiger partial charge in [0.1, 0.15) is 12.1 Å². The molecule has 0 aliphatic carbocycles. The first-order valence-electron chi connectivity index (χ1n) is 8.60. The van der Waals surface area contributed by atoms with Gasteiger partial charge >= 0.3 is 0 Å². The van der Waals surface area contributed by atoms with Crippen LogP contribution in [0.2, 0.25) is 0 Å².